The first-order valence-corrected chi connectivity index (χ1v) is 3.12. The topological polar surface area (TPSA) is 112 Å². The van der Waals surface area contributed by atoms with Crippen LogP contribution in [-0.2, 0) is 14.4 Å². The molecular weight excluding hydrogens is 168 g/mol. The Kier molecular flexibility index (Phi) is 3.92. The van der Waals surface area contributed by atoms with Gasteiger partial charge in [-0.05, 0) is 6.42 Å². The molecule has 0 aromatic heterocycles. The molecule has 0 aromatic rings. The van der Waals surface area contributed by atoms with Gasteiger partial charge in [-0.2, -0.15) is 0 Å². The highest BCUT2D eigenvalue weighted by molar-refractivity contribution is 6.32. The Labute approximate surface area is 67.4 Å². The van der Waals surface area contributed by atoms with E-state index in [1.165, 1.54) is 0 Å². The quantitative estimate of drug-likeness (QED) is 0.457. The summed E-state index contributed by atoms with van der Waals surface area (Å²) in [5.74, 6) is -4.18. The fourth-order valence-corrected chi connectivity index (χ4v) is 0.498. The Morgan fingerprint density at radius 2 is 1.67 bits per heavy atom. The standard InChI is InChI=1S/C6H8O6/c7-3(5(9)10)1-2-4(8)6(11)12/h3,7H,1-2H2,(H,9,10)(H,11,12)/t3-/m1/s1. The second kappa shape index (κ2) is 4.45. The molecule has 0 aromatic carbocycles. The molecule has 3 N–H and O–H groups in total. The molecule has 1 atom stereocenters. The van der Waals surface area contributed by atoms with Crippen molar-refractivity contribution >= 4 is 17.7 Å². The van der Waals surface area contributed by atoms with Crippen LogP contribution in [0.4, 0.5) is 0 Å². The van der Waals surface area contributed by atoms with Crippen molar-refractivity contribution < 1.29 is 29.7 Å². The third kappa shape index (κ3) is 3.67. The number of Topliss-reactive ketones (excluding diaryl/α,β-unsaturated/α-hetero) is 1. The van der Waals surface area contributed by atoms with Gasteiger partial charge < -0.3 is 15.3 Å². The van der Waals surface area contributed by atoms with Crippen molar-refractivity contribution in [2.45, 2.75) is 18.9 Å². The number of aliphatic hydroxyl groups is 1. The Bertz CT molecular complexity index is 208. The molecule has 0 radical (unpaired) electrons. The molecule has 0 saturated heterocycles. The second-order valence-corrected chi connectivity index (χ2v) is 2.12. The van der Waals surface area contributed by atoms with Gasteiger partial charge in [0.15, 0.2) is 6.10 Å². The summed E-state index contributed by atoms with van der Waals surface area (Å²) >= 11 is 0. The molecule has 6 heteroatoms. The minimum Gasteiger partial charge on any atom is -0.479 e. The molecule has 12 heavy (non-hydrogen) atoms. The zero-order chi connectivity index (χ0) is 9.72. The first-order chi connectivity index (χ1) is 5.45. The van der Waals surface area contributed by atoms with E-state index in [1.807, 2.05) is 0 Å². The molecule has 0 bridgehead atoms. The van der Waals surface area contributed by atoms with Crippen molar-refractivity contribution in [1.82, 2.24) is 0 Å². The van der Waals surface area contributed by atoms with Crippen molar-refractivity contribution in [3.8, 4) is 0 Å². The van der Waals surface area contributed by atoms with Gasteiger partial charge in [0.25, 0.3) is 0 Å². The van der Waals surface area contributed by atoms with Gasteiger partial charge in [-0.15, -0.1) is 0 Å². The molecule has 0 unspecified atom stereocenters. The Morgan fingerprint density at radius 3 is 2.00 bits per heavy atom. The average Bonchev–Trinajstić information content (AvgIpc) is 1.98. The SMILES string of the molecule is O=C(O)C(=O)CC[C@@H](O)C(=O)O. The molecule has 0 aliphatic carbocycles. The maximum atomic E-state index is 10.4. The summed E-state index contributed by atoms with van der Waals surface area (Å²) in [6, 6.07) is 0. The monoisotopic (exact) mass is 176 g/mol. The average molecular weight is 176 g/mol. The molecule has 0 amide bonds. The second-order valence-electron chi connectivity index (χ2n) is 2.12. The van der Waals surface area contributed by atoms with Crippen LogP contribution in [0.5, 0.6) is 0 Å². The lowest BCUT2D eigenvalue weighted by Crippen LogP contribution is -2.22. The van der Waals surface area contributed by atoms with Gasteiger partial charge in [-0.1, -0.05) is 0 Å². The number of carbonyl (C=O) groups excluding carboxylic acids is 1. The summed E-state index contributed by atoms with van der Waals surface area (Å²) in [5.41, 5.74) is 0. The van der Waals surface area contributed by atoms with Gasteiger partial charge in [0.05, 0.1) is 0 Å². The van der Waals surface area contributed by atoms with Crippen molar-refractivity contribution in [2.24, 2.45) is 0 Å². The fourth-order valence-electron chi connectivity index (χ4n) is 0.498. The zero-order valence-corrected chi connectivity index (χ0v) is 6.06. The molecule has 0 saturated carbocycles. The highest BCUT2D eigenvalue weighted by Gasteiger charge is 2.17. The van der Waals surface area contributed by atoms with Crippen LogP contribution in [0.1, 0.15) is 12.8 Å². The van der Waals surface area contributed by atoms with Gasteiger partial charge in [0.2, 0.25) is 5.78 Å². The highest BCUT2D eigenvalue weighted by atomic mass is 16.4. The van der Waals surface area contributed by atoms with Crippen molar-refractivity contribution in [3.63, 3.8) is 0 Å². The summed E-state index contributed by atoms with van der Waals surface area (Å²) in [5, 5.41) is 24.8. The molecule has 0 aliphatic rings. The lowest BCUT2D eigenvalue weighted by atomic mass is 10.1. The number of carboxylic acid groups (broad SMARTS) is 2. The predicted molar refractivity (Wildman–Crippen MR) is 35.5 cm³/mol. The van der Waals surface area contributed by atoms with Crippen LogP contribution in [0.2, 0.25) is 0 Å². The lowest BCUT2D eigenvalue weighted by molar-refractivity contribution is -0.151. The third-order valence-corrected chi connectivity index (χ3v) is 1.17. The van der Waals surface area contributed by atoms with E-state index >= 15 is 0 Å². The molecule has 0 fully saturated rings. The molecule has 0 heterocycles. The first kappa shape index (κ1) is 10.6. The summed E-state index contributed by atoms with van der Waals surface area (Å²) < 4.78 is 0. The minimum atomic E-state index is -1.67. The summed E-state index contributed by atoms with van der Waals surface area (Å²) in [6.07, 6.45) is -2.52. The molecular formula is C6H8O6. The number of rotatable bonds is 5. The lowest BCUT2D eigenvalue weighted by Gasteiger charge is -2.01. The van der Waals surface area contributed by atoms with Crippen LogP contribution in [0, 0.1) is 0 Å². The van der Waals surface area contributed by atoms with E-state index in [4.69, 9.17) is 15.3 Å². The van der Waals surface area contributed by atoms with Crippen LogP contribution in [0.3, 0.4) is 0 Å². The Morgan fingerprint density at radius 1 is 1.17 bits per heavy atom. The molecule has 0 rings (SSSR count). The minimum absolute atomic E-state index is 0.375. The number of aliphatic carboxylic acids is 2. The van der Waals surface area contributed by atoms with Crippen LogP contribution in [0.25, 0.3) is 0 Å². The summed E-state index contributed by atoms with van der Waals surface area (Å²) in [7, 11) is 0. The smallest absolute Gasteiger partial charge is 0.372 e. The van der Waals surface area contributed by atoms with Gasteiger partial charge in [-0.25, -0.2) is 9.59 Å². The number of aliphatic hydroxyl groups excluding tert-OH is 1. The first-order valence-electron chi connectivity index (χ1n) is 3.12. The van der Waals surface area contributed by atoms with Crippen molar-refractivity contribution in [1.29, 1.82) is 0 Å². The normalized spacial score (nSPS) is 12.1. The Hall–Kier alpha value is -1.43. The maximum Gasteiger partial charge on any atom is 0.372 e. The number of ketones is 1. The number of carbonyl (C=O) groups is 3. The molecule has 6 nitrogen and oxygen atoms in total. The van der Waals surface area contributed by atoms with Crippen LogP contribution in [-0.4, -0.2) is 39.1 Å². The van der Waals surface area contributed by atoms with E-state index in [-0.39, 0.29) is 6.42 Å². The van der Waals surface area contributed by atoms with E-state index in [2.05, 4.69) is 0 Å². The number of carboxylic acids is 2. The fraction of sp³-hybridized carbons (Fsp3) is 0.500. The summed E-state index contributed by atoms with van der Waals surface area (Å²) in [6.45, 7) is 0. The van der Waals surface area contributed by atoms with Crippen LogP contribution < -0.4 is 0 Å². The predicted octanol–water partition coefficient (Wildman–Crippen LogP) is -1.13. The highest BCUT2D eigenvalue weighted by Crippen LogP contribution is 1.97. The van der Waals surface area contributed by atoms with Crippen molar-refractivity contribution in [3.05, 3.63) is 0 Å². The van der Waals surface area contributed by atoms with Gasteiger partial charge in [0.1, 0.15) is 0 Å². The largest absolute Gasteiger partial charge is 0.479 e. The summed E-state index contributed by atoms with van der Waals surface area (Å²) in [4.78, 5) is 30.2. The molecule has 68 valence electrons. The molecule has 0 spiro atoms. The third-order valence-electron chi connectivity index (χ3n) is 1.17. The van der Waals surface area contributed by atoms with Gasteiger partial charge >= 0.3 is 11.9 Å². The van der Waals surface area contributed by atoms with Crippen LogP contribution in [0.15, 0.2) is 0 Å². The maximum absolute atomic E-state index is 10.4. The van der Waals surface area contributed by atoms with E-state index in [1.54, 1.807) is 0 Å². The van der Waals surface area contributed by atoms with E-state index in [0.29, 0.717) is 0 Å². The number of hydrogen-bond acceptors (Lipinski definition) is 4. The Balaban J connectivity index is 3.76. The van der Waals surface area contributed by atoms with Gasteiger partial charge in [-0.3, -0.25) is 4.79 Å². The van der Waals surface area contributed by atoms with E-state index in [0.717, 1.165) is 0 Å². The number of hydrogen-bond donors (Lipinski definition) is 3. The van der Waals surface area contributed by atoms with E-state index < -0.39 is 30.2 Å². The van der Waals surface area contributed by atoms with Crippen LogP contribution >= 0.6 is 0 Å². The molecule has 0 aliphatic heterocycles. The van der Waals surface area contributed by atoms with Crippen molar-refractivity contribution in [2.75, 3.05) is 0 Å². The zero-order valence-electron chi connectivity index (χ0n) is 6.06. The van der Waals surface area contributed by atoms with E-state index in [9.17, 15) is 14.4 Å². The van der Waals surface area contributed by atoms with Gasteiger partial charge in [0, 0.05) is 6.42 Å².